The number of amides is 1. The number of aromatic amines is 1. The van der Waals surface area contributed by atoms with Gasteiger partial charge in [0.15, 0.2) is 0 Å². The summed E-state index contributed by atoms with van der Waals surface area (Å²) < 4.78 is 0. The minimum atomic E-state index is -0.492. The third kappa shape index (κ3) is 3.91. The van der Waals surface area contributed by atoms with Gasteiger partial charge in [0.05, 0.1) is 11.9 Å². The molecule has 6 heteroatoms. The highest BCUT2D eigenvalue weighted by Gasteiger charge is 2.17. The summed E-state index contributed by atoms with van der Waals surface area (Å²) >= 11 is 0. The highest BCUT2D eigenvalue weighted by atomic mass is 16.2. The number of carbonyl (C=O) groups excluding carboxylic acids is 1. The topological polar surface area (TPSA) is 87.7 Å². The van der Waals surface area contributed by atoms with Gasteiger partial charge in [-0.1, -0.05) is 48.5 Å². The number of carbonyl (C=O) groups is 1. The van der Waals surface area contributed by atoms with Gasteiger partial charge in [0.2, 0.25) is 5.91 Å². The highest BCUT2D eigenvalue weighted by Crippen LogP contribution is 2.33. The van der Waals surface area contributed by atoms with Gasteiger partial charge in [0.1, 0.15) is 5.82 Å². The largest absolute Gasteiger partial charge is 0.347 e. The quantitative estimate of drug-likeness (QED) is 0.560. The lowest BCUT2D eigenvalue weighted by Gasteiger charge is -2.16. The number of rotatable bonds is 4. The SMILES string of the molecule is Cc1cc(NC(=O)Cc2c(C)nc3ccccc3c2-c2ccccc2)nc(=O)[nH]1. The molecule has 0 fully saturated rings. The van der Waals surface area contributed by atoms with Gasteiger partial charge in [-0.25, -0.2) is 4.79 Å². The standard InChI is InChI=1S/C23H20N4O2/c1-14-12-20(27-23(29)24-14)26-21(28)13-18-15(2)25-19-11-7-6-10-17(19)22(18)16-8-4-3-5-9-16/h3-12H,13H2,1-2H3,(H2,24,26,27,28,29). The molecule has 4 aromatic rings. The molecule has 0 aliphatic heterocycles. The number of anilines is 1. The molecule has 1 amide bonds. The average molecular weight is 384 g/mol. The van der Waals surface area contributed by atoms with Crippen molar-refractivity contribution in [3.05, 3.63) is 88.1 Å². The Morgan fingerprint density at radius 2 is 1.72 bits per heavy atom. The molecule has 2 heterocycles. The van der Waals surface area contributed by atoms with Crippen LogP contribution >= 0.6 is 0 Å². The van der Waals surface area contributed by atoms with E-state index < -0.39 is 5.69 Å². The molecule has 0 aliphatic rings. The minimum Gasteiger partial charge on any atom is -0.310 e. The molecular weight excluding hydrogens is 364 g/mol. The van der Waals surface area contributed by atoms with Gasteiger partial charge in [0.25, 0.3) is 0 Å². The number of hydrogen-bond donors (Lipinski definition) is 2. The van der Waals surface area contributed by atoms with E-state index in [1.54, 1.807) is 13.0 Å². The van der Waals surface area contributed by atoms with Crippen LogP contribution in [0.3, 0.4) is 0 Å². The number of pyridine rings is 1. The maximum atomic E-state index is 12.8. The molecule has 0 saturated carbocycles. The predicted octanol–water partition coefficient (Wildman–Crippen LogP) is 3.78. The zero-order valence-corrected chi connectivity index (χ0v) is 16.2. The zero-order valence-electron chi connectivity index (χ0n) is 16.2. The normalized spacial score (nSPS) is 10.8. The predicted molar refractivity (Wildman–Crippen MR) is 114 cm³/mol. The van der Waals surface area contributed by atoms with Gasteiger partial charge in [-0.05, 0) is 36.6 Å². The van der Waals surface area contributed by atoms with Gasteiger partial charge < -0.3 is 10.3 Å². The molecule has 0 unspecified atom stereocenters. The van der Waals surface area contributed by atoms with Crippen molar-refractivity contribution < 1.29 is 4.79 Å². The summed E-state index contributed by atoms with van der Waals surface area (Å²) in [5, 5.41) is 3.73. The number of nitrogens with one attached hydrogen (secondary N) is 2. The van der Waals surface area contributed by atoms with Crippen LogP contribution in [0, 0.1) is 13.8 Å². The van der Waals surface area contributed by atoms with E-state index in [0.29, 0.717) is 5.69 Å². The van der Waals surface area contributed by atoms with E-state index in [4.69, 9.17) is 4.98 Å². The molecule has 0 bridgehead atoms. The van der Waals surface area contributed by atoms with Crippen LogP contribution in [0.2, 0.25) is 0 Å². The van der Waals surface area contributed by atoms with Gasteiger partial charge in [-0.2, -0.15) is 4.98 Å². The molecule has 4 rings (SSSR count). The van der Waals surface area contributed by atoms with Gasteiger partial charge in [0, 0.05) is 22.8 Å². The molecule has 29 heavy (non-hydrogen) atoms. The first-order valence-corrected chi connectivity index (χ1v) is 9.33. The maximum absolute atomic E-state index is 12.8. The molecule has 0 aliphatic carbocycles. The van der Waals surface area contributed by atoms with Crippen molar-refractivity contribution in [1.29, 1.82) is 0 Å². The number of hydrogen-bond acceptors (Lipinski definition) is 4. The second kappa shape index (κ2) is 7.67. The van der Waals surface area contributed by atoms with Crippen LogP contribution in [0.5, 0.6) is 0 Å². The molecule has 144 valence electrons. The van der Waals surface area contributed by atoms with Gasteiger partial charge >= 0.3 is 5.69 Å². The van der Waals surface area contributed by atoms with E-state index in [1.165, 1.54) is 0 Å². The third-order valence-corrected chi connectivity index (χ3v) is 4.75. The molecule has 2 aromatic heterocycles. The Morgan fingerprint density at radius 1 is 1.00 bits per heavy atom. The number of fused-ring (bicyclic) bond motifs is 1. The van der Waals surface area contributed by atoms with Crippen LogP contribution in [0.1, 0.15) is 17.0 Å². The van der Waals surface area contributed by atoms with Crippen LogP contribution < -0.4 is 11.0 Å². The first-order chi connectivity index (χ1) is 14.0. The molecular formula is C23H20N4O2. The Bertz CT molecular complexity index is 1260. The van der Waals surface area contributed by atoms with E-state index in [2.05, 4.69) is 15.3 Å². The summed E-state index contributed by atoms with van der Waals surface area (Å²) in [6.45, 7) is 3.65. The fourth-order valence-corrected chi connectivity index (χ4v) is 3.52. The number of benzene rings is 2. The minimum absolute atomic E-state index is 0.126. The summed E-state index contributed by atoms with van der Waals surface area (Å²) in [5.74, 6) is -0.0104. The lowest BCUT2D eigenvalue weighted by molar-refractivity contribution is -0.115. The van der Waals surface area contributed by atoms with E-state index in [9.17, 15) is 9.59 Å². The summed E-state index contributed by atoms with van der Waals surface area (Å²) in [6.07, 6.45) is 0.126. The lowest BCUT2D eigenvalue weighted by atomic mass is 9.92. The monoisotopic (exact) mass is 384 g/mol. The smallest absolute Gasteiger partial charge is 0.310 e. The lowest BCUT2D eigenvalue weighted by Crippen LogP contribution is -2.21. The Morgan fingerprint density at radius 3 is 2.48 bits per heavy atom. The fourth-order valence-electron chi connectivity index (χ4n) is 3.52. The maximum Gasteiger partial charge on any atom is 0.347 e. The fraction of sp³-hybridized carbons (Fsp3) is 0.130. The molecule has 0 atom stereocenters. The van der Waals surface area contributed by atoms with Crippen molar-refractivity contribution in [2.75, 3.05) is 5.32 Å². The van der Waals surface area contributed by atoms with E-state index >= 15 is 0 Å². The number of aryl methyl sites for hydroxylation is 2. The first-order valence-electron chi connectivity index (χ1n) is 9.33. The summed E-state index contributed by atoms with van der Waals surface area (Å²) in [7, 11) is 0. The highest BCUT2D eigenvalue weighted by molar-refractivity contribution is 6.00. The molecule has 0 spiro atoms. The molecule has 2 N–H and O–H groups in total. The number of para-hydroxylation sites is 1. The Balaban J connectivity index is 1.78. The zero-order chi connectivity index (χ0) is 20.4. The van der Waals surface area contributed by atoms with Crippen molar-refractivity contribution in [3.8, 4) is 11.1 Å². The van der Waals surface area contributed by atoms with E-state index in [-0.39, 0.29) is 18.1 Å². The molecule has 2 aromatic carbocycles. The second-order valence-electron chi connectivity index (χ2n) is 6.91. The second-order valence-corrected chi connectivity index (χ2v) is 6.91. The van der Waals surface area contributed by atoms with Crippen LogP contribution in [0.25, 0.3) is 22.0 Å². The summed E-state index contributed by atoms with van der Waals surface area (Å²) in [4.78, 5) is 35.4. The number of aromatic nitrogens is 3. The van der Waals surface area contributed by atoms with Crippen molar-refractivity contribution in [2.45, 2.75) is 20.3 Å². The molecule has 0 saturated heterocycles. The number of H-pyrrole nitrogens is 1. The Kier molecular flexibility index (Phi) is 4.91. The van der Waals surface area contributed by atoms with Crippen molar-refractivity contribution in [2.24, 2.45) is 0 Å². The van der Waals surface area contributed by atoms with Crippen LogP contribution in [0.4, 0.5) is 5.82 Å². The first kappa shape index (κ1) is 18.6. The van der Waals surface area contributed by atoms with E-state index in [0.717, 1.165) is 33.3 Å². The van der Waals surface area contributed by atoms with E-state index in [1.807, 2.05) is 61.5 Å². The number of nitrogens with zero attached hydrogens (tertiary/aromatic N) is 2. The average Bonchev–Trinajstić information content (AvgIpc) is 2.68. The van der Waals surface area contributed by atoms with Gasteiger partial charge in [-0.15, -0.1) is 0 Å². The Hall–Kier alpha value is -3.80. The van der Waals surface area contributed by atoms with Crippen LogP contribution in [-0.4, -0.2) is 20.9 Å². The molecule has 6 nitrogen and oxygen atoms in total. The Labute approximate surface area is 167 Å². The van der Waals surface area contributed by atoms with Crippen molar-refractivity contribution in [1.82, 2.24) is 15.0 Å². The third-order valence-electron chi connectivity index (χ3n) is 4.75. The van der Waals surface area contributed by atoms with Crippen molar-refractivity contribution in [3.63, 3.8) is 0 Å². The van der Waals surface area contributed by atoms with Crippen LogP contribution in [0.15, 0.2) is 65.5 Å². The summed E-state index contributed by atoms with van der Waals surface area (Å²) in [5.41, 5.74) is 4.71. The molecule has 0 radical (unpaired) electrons. The van der Waals surface area contributed by atoms with Gasteiger partial charge in [-0.3, -0.25) is 9.78 Å². The van der Waals surface area contributed by atoms with Crippen LogP contribution in [-0.2, 0) is 11.2 Å². The van der Waals surface area contributed by atoms with Crippen molar-refractivity contribution >= 4 is 22.6 Å². The summed E-state index contributed by atoms with van der Waals surface area (Å²) in [6, 6.07) is 19.5.